The van der Waals surface area contributed by atoms with Gasteiger partial charge in [0.2, 0.25) is 10.0 Å². The molecule has 0 heterocycles. The fraction of sp³-hybridized carbons (Fsp3) is 0.571. The minimum absolute atomic E-state index is 0.134. The summed E-state index contributed by atoms with van der Waals surface area (Å²) in [6.07, 6.45) is 3.21. The van der Waals surface area contributed by atoms with Gasteiger partial charge in [0.05, 0.1) is 9.82 Å². The first-order valence-corrected chi connectivity index (χ1v) is 8.96. The predicted molar refractivity (Wildman–Crippen MR) is 86.0 cm³/mol. The molecule has 0 spiro atoms. The van der Waals surface area contributed by atoms with Gasteiger partial charge in [0.25, 0.3) is 5.69 Å². The maximum atomic E-state index is 11.7. The van der Waals surface area contributed by atoms with Gasteiger partial charge >= 0.3 is 0 Å². The van der Waals surface area contributed by atoms with Gasteiger partial charge in [-0.3, -0.25) is 10.1 Å². The number of hydrogen-bond donors (Lipinski definition) is 2. The molecule has 0 atom stereocenters. The molecule has 0 radical (unpaired) electrons. The summed E-state index contributed by atoms with van der Waals surface area (Å²) in [5, 5.41) is 14.1. The minimum Gasteiger partial charge on any atom is -0.381 e. The summed E-state index contributed by atoms with van der Waals surface area (Å²) in [7, 11) is -2.45. The topological polar surface area (TPSA) is 111 Å². The monoisotopic (exact) mass is 343 g/mol. The number of anilines is 1. The fourth-order valence-corrected chi connectivity index (χ4v) is 2.78. The zero-order valence-electron chi connectivity index (χ0n) is 12.9. The van der Waals surface area contributed by atoms with Crippen molar-refractivity contribution >= 4 is 21.4 Å². The van der Waals surface area contributed by atoms with Crippen molar-refractivity contribution < 1.29 is 18.1 Å². The van der Waals surface area contributed by atoms with Crippen molar-refractivity contribution in [3.05, 3.63) is 28.3 Å². The molecule has 1 saturated carbocycles. The number of nitro groups is 1. The minimum atomic E-state index is -3.71. The second-order valence-electron chi connectivity index (χ2n) is 5.44. The molecule has 2 rings (SSSR count). The van der Waals surface area contributed by atoms with Crippen molar-refractivity contribution in [3.8, 4) is 0 Å². The molecule has 1 aromatic rings. The molecular formula is C14H21N3O5S. The maximum absolute atomic E-state index is 11.7. The molecule has 1 aliphatic carbocycles. The summed E-state index contributed by atoms with van der Waals surface area (Å²) in [4.78, 5) is 10.4. The summed E-state index contributed by atoms with van der Waals surface area (Å²) >= 11 is 0. The summed E-state index contributed by atoms with van der Waals surface area (Å²) in [6.45, 7) is 1.91. The van der Waals surface area contributed by atoms with E-state index in [0.717, 1.165) is 19.1 Å². The van der Waals surface area contributed by atoms with E-state index in [1.165, 1.54) is 32.0 Å². The molecule has 0 aromatic heterocycles. The van der Waals surface area contributed by atoms with Gasteiger partial charge in [-0.1, -0.05) is 0 Å². The molecule has 0 saturated heterocycles. The maximum Gasteiger partial charge on any atom is 0.293 e. The molecule has 0 aliphatic heterocycles. The Kier molecular flexibility index (Phi) is 5.91. The van der Waals surface area contributed by atoms with Crippen molar-refractivity contribution in [1.82, 2.24) is 4.72 Å². The third kappa shape index (κ3) is 5.15. The fourth-order valence-electron chi connectivity index (χ4n) is 2.03. The summed E-state index contributed by atoms with van der Waals surface area (Å²) < 4.78 is 31.0. The lowest BCUT2D eigenvalue weighted by atomic mass is 10.2. The van der Waals surface area contributed by atoms with Crippen LogP contribution in [0.15, 0.2) is 23.1 Å². The van der Waals surface area contributed by atoms with E-state index in [2.05, 4.69) is 10.0 Å². The van der Waals surface area contributed by atoms with E-state index in [9.17, 15) is 18.5 Å². The Morgan fingerprint density at radius 3 is 2.74 bits per heavy atom. The quantitative estimate of drug-likeness (QED) is 0.380. The van der Waals surface area contributed by atoms with Gasteiger partial charge in [-0.05, 0) is 44.4 Å². The molecule has 1 aliphatic rings. The molecule has 128 valence electrons. The predicted octanol–water partition coefficient (Wildman–Crippen LogP) is 1.73. The van der Waals surface area contributed by atoms with Crippen molar-refractivity contribution in [1.29, 1.82) is 0 Å². The van der Waals surface area contributed by atoms with Crippen LogP contribution >= 0.6 is 0 Å². The lowest BCUT2D eigenvalue weighted by Gasteiger charge is -2.09. The largest absolute Gasteiger partial charge is 0.381 e. The smallest absolute Gasteiger partial charge is 0.293 e. The highest BCUT2D eigenvalue weighted by molar-refractivity contribution is 7.89. The second kappa shape index (κ2) is 7.71. The van der Waals surface area contributed by atoms with E-state index in [4.69, 9.17) is 4.74 Å². The number of rotatable bonds is 10. The first-order chi connectivity index (χ1) is 10.9. The molecule has 0 bridgehead atoms. The van der Waals surface area contributed by atoms with Crippen LogP contribution in [0.25, 0.3) is 0 Å². The average molecular weight is 343 g/mol. The second-order valence-corrected chi connectivity index (χ2v) is 7.33. The van der Waals surface area contributed by atoms with E-state index in [0.29, 0.717) is 24.8 Å². The van der Waals surface area contributed by atoms with E-state index in [1.54, 1.807) is 0 Å². The van der Waals surface area contributed by atoms with Crippen LogP contribution in [0.5, 0.6) is 0 Å². The highest BCUT2D eigenvalue weighted by Crippen LogP contribution is 2.29. The lowest BCUT2D eigenvalue weighted by Crippen LogP contribution is -2.19. The number of nitrogens with zero attached hydrogens (tertiary/aromatic N) is 1. The van der Waals surface area contributed by atoms with Gasteiger partial charge < -0.3 is 10.1 Å². The van der Waals surface area contributed by atoms with Gasteiger partial charge in [0.15, 0.2) is 0 Å². The standard InChI is InChI=1S/C14H21N3O5S/c1-15-23(20,21)12-5-6-13(14(9-12)17(18)19)16-7-2-8-22-10-11-3-4-11/h5-6,9,11,15-16H,2-4,7-8,10H2,1H3. The van der Waals surface area contributed by atoms with Crippen molar-refractivity contribution in [2.45, 2.75) is 24.2 Å². The molecule has 8 nitrogen and oxygen atoms in total. The van der Waals surface area contributed by atoms with Crippen molar-refractivity contribution in [2.75, 3.05) is 32.1 Å². The Hall–Kier alpha value is -1.71. The van der Waals surface area contributed by atoms with Gasteiger partial charge in [-0.2, -0.15) is 0 Å². The van der Waals surface area contributed by atoms with Crippen molar-refractivity contribution in [3.63, 3.8) is 0 Å². The highest BCUT2D eigenvalue weighted by atomic mass is 32.2. The number of sulfonamides is 1. The molecule has 2 N–H and O–H groups in total. The zero-order valence-corrected chi connectivity index (χ0v) is 13.8. The SMILES string of the molecule is CNS(=O)(=O)c1ccc(NCCCOCC2CC2)c([N+](=O)[O-])c1. The van der Waals surface area contributed by atoms with Crippen LogP contribution in [0, 0.1) is 16.0 Å². The molecule has 0 unspecified atom stereocenters. The molecule has 9 heteroatoms. The summed E-state index contributed by atoms with van der Waals surface area (Å²) in [6, 6.07) is 3.80. The normalized spacial score (nSPS) is 14.7. The number of nitrogens with one attached hydrogen (secondary N) is 2. The van der Waals surface area contributed by atoms with Crippen LogP contribution in [0.3, 0.4) is 0 Å². The number of hydrogen-bond acceptors (Lipinski definition) is 6. The van der Waals surface area contributed by atoms with E-state index >= 15 is 0 Å². The average Bonchev–Trinajstić information content (AvgIpc) is 3.34. The van der Waals surface area contributed by atoms with Gasteiger partial charge in [-0.25, -0.2) is 13.1 Å². The third-order valence-corrected chi connectivity index (χ3v) is 4.99. The van der Waals surface area contributed by atoms with Crippen LogP contribution in [0.2, 0.25) is 0 Å². The van der Waals surface area contributed by atoms with Crippen LogP contribution in [0.1, 0.15) is 19.3 Å². The Labute approximate surface area is 135 Å². The van der Waals surface area contributed by atoms with E-state index < -0.39 is 14.9 Å². The zero-order chi connectivity index (χ0) is 16.9. The van der Waals surface area contributed by atoms with Crippen LogP contribution < -0.4 is 10.0 Å². The molecule has 1 fully saturated rings. The van der Waals surface area contributed by atoms with Crippen LogP contribution in [0.4, 0.5) is 11.4 Å². The van der Waals surface area contributed by atoms with Crippen LogP contribution in [-0.4, -0.2) is 40.1 Å². The van der Waals surface area contributed by atoms with Gasteiger partial charge in [0, 0.05) is 25.8 Å². The lowest BCUT2D eigenvalue weighted by molar-refractivity contribution is -0.384. The van der Waals surface area contributed by atoms with Gasteiger partial charge in [0.1, 0.15) is 5.69 Å². The number of benzene rings is 1. The molecule has 1 aromatic carbocycles. The Morgan fingerprint density at radius 2 is 2.13 bits per heavy atom. The first-order valence-electron chi connectivity index (χ1n) is 7.47. The Bertz CT molecular complexity index is 658. The Balaban J connectivity index is 1.93. The highest BCUT2D eigenvalue weighted by Gasteiger charge is 2.21. The van der Waals surface area contributed by atoms with E-state index in [1.807, 2.05) is 0 Å². The summed E-state index contributed by atoms with van der Waals surface area (Å²) in [5.41, 5.74) is 0.0347. The third-order valence-electron chi connectivity index (χ3n) is 3.58. The summed E-state index contributed by atoms with van der Waals surface area (Å²) in [5.74, 6) is 0.714. The number of ether oxygens (including phenoxy) is 1. The first kappa shape index (κ1) is 17.6. The Morgan fingerprint density at radius 1 is 1.39 bits per heavy atom. The molecule has 0 amide bonds. The van der Waals surface area contributed by atoms with E-state index in [-0.39, 0.29) is 10.6 Å². The molecular weight excluding hydrogens is 322 g/mol. The van der Waals surface area contributed by atoms with Crippen LogP contribution in [-0.2, 0) is 14.8 Å². The van der Waals surface area contributed by atoms with Crippen molar-refractivity contribution in [2.24, 2.45) is 5.92 Å². The number of nitro benzene ring substituents is 1. The molecule has 23 heavy (non-hydrogen) atoms. The van der Waals surface area contributed by atoms with Gasteiger partial charge in [-0.15, -0.1) is 0 Å².